The zero-order chi connectivity index (χ0) is 17.4. The molecule has 0 bridgehead atoms. The minimum absolute atomic E-state index is 0.119. The number of nitrogens with one attached hydrogen (secondary N) is 1. The lowest BCUT2D eigenvalue weighted by Gasteiger charge is -2.22. The van der Waals surface area contributed by atoms with E-state index in [2.05, 4.69) is 14.7 Å². The van der Waals surface area contributed by atoms with Crippen molar-refractivity contribution in [1.29, 1.82) is 0 Å². The maximum Gasteiger partial charge on any atom is 0.438 e. The van der Waals surface area contributed by atoms with Gasteiger partial charge < -0.3 is 14.4 Å². The van der Waals surface area contributed by atoms with Crippen molar-refractivity contribution in [2.45, 2.75) is 25.3 Å². The van der Waals surface area contributed by atoms with Crippen LogP contribution in [0.25, 0.3) is 10.9 Å². The first-order valence-corrected chi connectivity index (χ1v) is 8.11. The van der Waals surface area contributed by atoms with Crippen molar-refractivity contribution in [3.63, 3.8) is 0 Å². The molecule has 0 atom stereocenters. The van der Waals surface area contributed by atoms with E-state index < -0.39 is 11.7 Å². The molecule has 2 aromatic heterocycles. The van der Waals surface area contributed by atoms with Crippen LogP contribution < -0.4 is 5.76 Å². The number of aromatic amines is 1. The molecule has 25 heavy (non-hydrogen) atoms. The normalized spacial score (nSPS) is 15.7. The molecule has 1 saturated heterocycles. The van der Waals surface area contributed by atoms with Crippen molar-refractivity contribution in [2.24, 2.45) is 0 Å². The van der Waals surface area contributed by atoms with Gasteiger partial charge in [0.15, 0.2) is 5.82 Å². The van der Waals surface area contributed by atoms with E-state index in [-0.39, 0.29) is 18.1 Å². The standard InChI is InChI=1S/C17H17N3O5/c21-16(22)14-8-12-7-11(10-3-5-24-6-4-10)1-2-13(12)20(14)9-15-18-17(23)25-19-15/h1-2,7-8,10H,3-6,9H2,(H,21,22)(H,18,19,23). The molecule has 1 aliphatic rings. The van der Waals surface area contributed by atoms with Crippen molar-refractivity contribution in [2.75, 3.05) is 13.2 Å². The number of rotatable bonds is 4. The van der Waals surface area contributed by atoms with Crippen molar-refractivity contribution >= 4 is 16.9 Å². The quantitative estimate of drug-likeness (QED) is 0.749. The van der Waals surface area contributed by atoms with Crippen molar-refractivity contribution < 1.29 is 19.2 Å². The van der Waals surface area contributed by atoms with E-state index in [1.165, 1.54) is 5.56 Å². The van der Waals surface area contributed by atoms with E-state index in [9.17, 15) is 14.7 Å². The monoisotopic (exact) mass is 343 g/mol. The predicted octanol–water partition coefficient (Wildman–Crippen LogP) is 1.96. The van der Waals surface area contributed by atoms with Crippen LogP contribution >= 0.6 is 0 Å². The van der Waals surface area contributed by atoms with E-state index in [0.717, 1.165) is 37.0 Å². The number of nitrogens with zero attached hydrogens (tertiary/aromatic N) is 2. The Hall–Kier alpha value is -2.87. The largest absolute Gasteiger partial charge is 0.477 e. The fourth-order valence-corrected chi connectivity index (χ4v) is 3.40. The Morgan fingerprint density at radius 3 is 2.80 bits per heavy atom. The van der Waals surface area contributed by atoms with Crippen LogP contribution in [0.2, 0.25) is 0 Å². The van der Waals surface area contributed by atoms with E-state index in [0.29, 0.717) is 5.92 Å². The number of benzene rings is 1. The van der Waals surface area contributed by atoms with Gasteiger partial charge in [-0.3, -0.25) is 9.51 Å². The number of aromatic nitrogens is 3. The van der Waals surface area contributed by atoms with Crippen LogP contribution in [0.15, 0.2) is 33.6 Å². The molecule has 3 aromatic rings. The summed E-state index contributed by atoms with van der Waals surface area (Å²) in [5.74, 6) is -0.986. The van der Waals surface area contributed by atoms with Crippen LogP contribution in [-0.4, -0.2) is 39.0 Å². The second-order valence-corrected chi connectivity index (χ2v) is 6.17. The fraction of sp³-hybridized carbons (Fsp3) is 0.353. The van der Waals surface area contributed by atoms with Crippen molar-refractivity contribution in [3.8, 4) is 0 Å². The molecule has 8 nitrogen and oxygen atoms in total. The molecule has 0 amide bonds. The lowest BCUT2D eigenvalue weighted by Crippen LogP contribution is -2.14. The Kier molecular flexibility index (Phi) is 3.89. The molecule has 2 N–H and O–H groups in total. The summed E-state index contributed by atoms with van der Waals surface area (Å²) in [5.41, 5.74) is 2.11. The third-order valence-corrected chi connectivity index (χ3v) is 4.63. The van der Waals surface area contributed by atoms with Gasteiger partial charge in [-0.1, -0.05) is 11.2 Å². The molecule has 0 saturated carbocycles. The smallest absolute Gasteiger partial charge is 0.438 e. The highest BCUT2D eigenvalue weighted by atomic mass is 16.5. The van der Waals surface area contributed by atoms with Gasteiger partial charge in [0.05, 0.1) is 6.54 Å². The number of carboxylic acids is 1. The Morgan fingerprint density at radius 1 is 1.32 bits per heavy atom. The van der Waals surface area contributed by atoms with E-state index >= 15 is 0 Å². The maximum absolute atomic E-state index is 11.6. The van der Waals surface area contributed by atoms with Crippen LogP contribution in [0.5, 0.6) is 0 Å². The minimum Gasteiger partial charge on any atom is -0.477 e. The van der Waals surface area contributed by atoms with Crippen molar-refractivity contribution in [1.82, 2.24) is 14.7 Å². The van der Waals surface area contributed by atoms with E-state index in [1.807, 2.05) is 18.2 Å². The van der Waals surface area contributed by atoms with Gasteiger partial charge in [0.1, 0.15) is 5.69 Å². The molecular weight excluding hydrogens is 326 g/mol. The number of hydrogen-bond acceptors (Lipinski definition) is 5. The second kappa shape index (κ2) is 6.21. The molecule has 0 spiro atoms. The minimum atomic E-state index is -1.03. The molecule has 3 heterocycles. The Labute approximate surface area is 142 Å². The molecule has 4 rings (SSSR count). The van der Waals surface area contributed by atoms with Gasteiger partial charge in [0.25, 0.3) is 0 Å². The molecule has 130 valence electrons. The van der Waals surface area contributed by atoms with Gasteiger partial charge in [0, 0.05) is 24.1 Å². The number of carboxylic acid groups (broad SMARTS) is 1. The highest BCUT2D eigenvalue weighted by Gasteiger charge is 2.20. The van der Waals surface area contributed by atoms with Crippen molar-refractivity contribution in [3.05, 3.63) is 51.9 Å². The first-order valence-electron chi connectivity index (χ1n) is 8.11. The second-order valence-electron chi connectivity index (χ2n) is 6.17. The van der Waals surface area contributed by atoms with Gasteiger partial charge in [-0.05, 0) is 42.5 Å². The lowest BCUT2D eigenvalue weighted by molar-refractivity contribution is 0.0686. The molecule has 1 aliphatic heterocycles. The van der Waals surface area contributed by atoms with Crippen LogP contribution in [0, 0.1) is 0 Å². The number of H-pyrrole nitrogens is 1. The van der Waals surface area contributed by atoms with Gasteiger partial charge in [-0.25, -0.2) is 9.59 Å². The maximum atomic E-state index is 11.6. The summed E-state index contributed by atoms with van der Waals surface area (Å²) >= 11 is 0. The first kappa shape index (κ1) is 15.6. The zero-order valence-corrected chi connectivity index (χ0v) is 13.4. The average Bonchev–Trinajstić information content (AvgIpc) is 3.19. The Bertz CT molecular complexity index is 978. The summed E-state index contributed by atoms with van der Waals surface area (Å²) in [5, 5.41) is 14.0. The lowest BCUT2D eigenvalue weighted by atomic mass is 9.91. The summed E-state index contributed by atoms with van der Waals surface area (Å²) in [6.07, 6.45) is 1.94. The molecule has 0 aliphatic carbocycles. The van der Waals surface area contributed by atoms with Crippen LogP contribution in [0.1, 0.15) is 40.6 Å². The Morgan fingerprint density at radius 2 is 2.12 bits per heavy atom. The zero-order valence-electron chi connectivity index (χ0n) is 13.4. The molecule has 1 aromatic carbocycles. The fourth-order valence-electron chi connectivity index (χ4n) is 3.40. The number of ether oxygens (including phenoxy) is 1. The van der Waals surface area contributed by atoms with Gasteiger partial charge in [-0.2, -0.15) is 0 Å². The summed E-state index contributed by atoms with van der Waals surface area (Å²) in [4.78, 5) is 25.2. The van der Waals surface area contributed by atoms with E-state index in [4.69, 9.17) is 4.74 Å². The average molecular weight is 343 g/mol. The van der Waals surface area contributed by atoms with Gasteiger partial charge in [0.2, 0.25) is 0 Å². The van der Waals surface area contributed by atoms with Crippen LogP contribution in [0.3, 0.4) is 0 Å². The topological polar surface area (TPSA) is 110 Å². The SMILES string of the molecule is O=C(O)c1cc2cc(C3CCOCC3)ccc2n1Cc1noc(=O)[nH]1. The number of carbonyl (C=O) groups is 1. The van der Waals surface area contributed by atoms with E-state index in [1.54, 1.807) is 10.6 Å². The molecule has 8 heteroatoms. The first-order chi connectivity index (χ1) is 12.1. The number of hydrogen-bond donors (Lipinski definition) is 2. The van der Waals surface area contributed by atoms with Crippen LogP contribution in [0.4, 0.5) is 0 Å². The third-order valence-electron chi connectivity index (χ3n) is 4.63. The highest BCUT2D eigenvalue weighted by molar-refractivity contribution is 5.95. The summed E-state index contributed by atoms with van der Waals surface area (Å²) < 4.78 is 11.5. The van der Waals surface area contributed by atoms with Gasteiger partial charge in [-0.15, -0.1) is 0 Å². The summed E-state index contributed by atoms with van der Waals surface area (Å²) in [7, 11) is 0. The highest BCUT2D eigenvalue weighted by Crippen LogP contribution is 2.30. The number of fused-ring (bicyclic) bond motifs is 1. The third kappa shape index (κ3) is 2.96. The van der Waals surface area contributed by atoms with Crippen LogP contribution in [-0.2, 0) is 11.3 Å². The number of aromatic carboxylic acids is 1. The molecular formula is C17H17N3O5. The summed E-state index contributed by atoms with van der Waals surface area (Å²) in [6, 6.07) is 7.65. The Balaban J connectivity index is 1.76. The molecule has 0 radical (unpaired) electrons. The molecule has 1 fully saturated rings. The van der Waals surface area contributed by atoms with Gasteiger partial charge >= 0.3 is 11.7 Å². The molecule has 0 unspecified atom stereocenters. The predicted molar refractivity (Wildman–Crippen MR) is 87.9 cm³/mol. The summed E-state index contributed by atoms with van der Waals surface area (Å²) in [6.45, 7) is 1.63.